The predicted molar refractivity (Wildman–Crippen MR) is 82.5 cm³/mol. The molecule has 4 nitrogen and oxygen atoms in total. The van der Waals surface area contributed by atoms with Gasteiger partial charge in [0.1, 0.15) is 5.69 Å². The summed E-state index contributed by atoms with van der Waals surface area (Å²) < 4.78 is 1.36. The number of rotatable bonds is 2. The smallest absolute Gasteiger partial charge is 0.278 e. The first kappa shape index (κ1) is 13.9. The largest absolute Gasteiger partial charge is 0.505 e. The van der Waals surface area contributed by atoms with E-state index in [0.717, 1.165) is 36.8 Å². The van der Waals surface area contributed by atoms with Gasteiger partial charge in [0, 0.05) is 13.0 Å². The molecule has 0 radical (unpaired) electrons. The van der Waals surface area contributed by atoms with E-state index >= 15 is 0 Å². The van der Waals surface area contributed by atoms with Gasteiger partial charge in [0.25, 0.3) is 5.56 Å². The van der Waals surface area contributed by atoms with Crippen molar-refractivity contribution in [3.63, 3.8) is 0 Å². The molecule has 2 aromatic rings. The van der Waals surface area contributed by atoms with Crippen LogP contribution >= 0.6 is 0 Å². The Balaban J connectivity index is 2.24. The molecule has 0 atom stereocenters. The zero-order valence-electron chi connectivity index (χ0n) is 12.5. The maximum atomic E-state index is 12.4. The molecule has 1 aromatic heterocycles. The molecule has 0 spiro atoms. The molecule has 1 N–H and O–H groups in total. The molecule has 1 fully saturated rings. The van der Waals surface area contributed by atoms with Gasteiger partial charge in [0.15, 0.2) is 5.75 Å². The minimum atomic E-state index is -0.247. The highest BCUT2D eigenvalue weighted by molar-refractivity contribution is 5.72. The highest BCUT2D eigenvalue weighted by Crippen LogP contribution is 2.40. The minimum Gasteiger partial charge on any atom is -0.505 e. The topological polar surface area (TPSA) is 55.1 Å². The summed E-state index contributed by atoms with van der Waals surface area (Å²) in [6, 6.07) is 7.64. The second-order valence-corrected chi connectivity index (χ2v) is 5.83. The maximum absolute atomic E-state index is 12.4. The number of hydrogen-bond donors (Lipinski definition) is 1. The molecule has 1 aliphatic carbocycles. The third kappa shape index (κ3) is 2.35. The Bertz CT molecular complexity index is 728. The van der Waals surface area contributed by atoms with E-state index < -0.39 is 0 Å². The summed E-state index contributed by atoms with van der Waals surface area (Å²) in [6.45, 7) is 1.95. The summed E-state index contributed by atoms with van der Waals surface area (Å²) in [4.78, 5) is 12.4. The third-order valence-electron chi connectivity index (χ3n) is 4.40. The Morgan fingerprint density at radius 2 is 1.90 bits per heavy atom. The van der Waals surface area contributed by atoms with Crippen molar-refractivity contribution in [1.29, 1.82) is 0 Å². The number of aromatic hydroxyl groups is 1. The Hall–Kier alpha value is -2.10. The Morgan fingerprint density at radius 1 is 1.24 bits per heavy atom. The highest BCUT2D eigenvalue weighted by atomic mass is 16.3. The molecule has 0 aliphatic heterocycles. The number of hydrogen-bond acceptors (Lipinski definition) is 3. The normalized spacial score (nSPS) is 15.5. The molecule has 1 saturated carbocycles. The van der Waals surface area contributed by atoms with Crippen molar-refractivity contribution in [3.8, 4) is 16.9 Å². The molecule has 110 valence electrons. The molecular weight excluding hydrogens is 264 g/mol. The molecular formula is C17H20N2O2. The van der Waals surface area contributed by atoms with Crippen LogP contribution in [0.1, 0.15) is 42.9 Å². The van der Waals surface area contributed by atoms with Crippen molar-refractivity contribution in [2.45, 2.75) is 38.5 Å². The molecule has 0 amide bonds. The first-order chi connectivity index (χ1) is 10.1. The van der Waals surface area contributed by atoms with Gasteiger partial charge in [0.05, 0.1) is 5.56 Å². The number of aromatic nitrogens is 2. The van der Waals surface area contributed by atoms with E-state index in [-0.39, 0.29) is 17.2 Å². The van der Waals surface area contributed by atoms with Crippen LogP contribution in [0, 0.1) is 6.92 Å². The van der Waals surface area contributed by atoms with Gasteiger partial charge in [-0.2, -0.15) is 5.10 Å². The van der Waals surface area contributed by atoms with Crippen LogP contribution < -0.4 is 5.56 Å². The lowest BCUT2D eigenvalue weighted by atomic mass is 9.96. The molecule has 0 bridgehead atoms. The third-order valence-corrected chi connectivity index (χ3v) is 4.40. The van der Waals surface area contributed by atoms with Crippen molar-refractivity contribution in [2.24, 2.45) is 7.05 Å². The van der Waals surface area contributed by atoms with Crippen molar-refractivity contribution < 1.29 is 5.11 Å². The van der Waals surface area contributed by atoms with Gasteiger partial charge in [-0.3, -0.25) is 4.79 Å². The van der Waals surface area contributed by atoms with Crippen molar-refractivity contribution in [1.82, 2.24) is 9.78 Å². The predicted octanol–water partition coefficient (Wildman–Crippen LogP) is 3.12. The summed E-state index contributed by atoms with van der Waals surface area (Å²) in [7, 11) is 1.65. The maximum Gasteiger partial charge on any atom is 0.278 e. The number of benzene rings is 1. The lowest BCUT2D eigenvalue weighted by molar-refractivity contribution is 0.445. The van der Waals surface area contributed by atoms with E-state index in [4.69, 9.17) is 0 Å². The van der Waals surface area contributed by atoms with Gasteiger partial charge >= 0.3 is 0 Å². The Labute approximate surface area is 124 Å². The molecule has 3 rings (SSSR count). The molecule has 1 aromatic carbocycles. The zero-order chi connectivity index (χ0) is 15.0. The number of aryl methyl sites for hydroxylation is 2. The van der Waals surface area contributed by atoms with E-state index in [1.165, 1.54) is 4.68 Å². The van der Waals surface area contributed by atoms with Gasteiger partial charge in [-0.15, -0.1) is 0 Å². The lowest BCUT2D eigenvalue weighted by Crippen LogP contribution is -2.24. The molecule has 1 aliphatic rings. The van der Waals surface area contributed by atoms with E-state index in [1.807, 2.05) is 31.2 Å². The first-order valence-corrected chi connectivity index (χ1v) is 7.45. The lowest BCUT2D eigenvalue weighted by Gasteiger charge is -2.16. The highest BCUT2D eigenvalue weighted by Gasteiger charge is 2.26. The van der Waals surface area contributed by atoms with Crippen LogP contribution in [0.3, 0.4) is 0 Å². The van der Waals surface area contributed by atoms with Gasteiger partial charge in [-0.25, -0.2) is 4.68 Å². The van der Waals surface area contributed by atoms with Crippen LogP contribution in [0.15, 0.2) is 29.1 Å². The van der Waals surface area contributed by atoms with Crippen LogP contribution in [0.5, 0.6) is 5.75 Å². The SMILES string of the molecule is Cc1ccccc1-c1c(O)c(C2CCCC2)nn(C)c1=O. The molecule has 0 unspecified atom stereocenters. The minimum absolute atomic E-state index is 0.0688. The molecule has 4 heteroatoms. The number of nitrogens with zero attached hydrogens (tertiary/aromatic N) is 2. The van der Waals surface area contributed by atoms with Gasteiger partial charge in [-0.1, -0.05) is 37.1 Å². The van der Waals surface area contributed by atoms with Crippen LogP contribution in [0.2, 0.25) is 0 Å². The van der Waals surface area contributed by atoms with Gasteiger partial charge < -0.3 is 5.11 Å². The zero-order valence-corrected chi connectivity index (χ0v) is 12.5. The summed E-state index contributed by atoms with van der Waals surface area (Å²) >= 11 is 0. The average Bonchev–Trinajstić information content (AvgIpc) is 2.99. The summed E-state index contributed by atoms with van der Waals surface area (Å²) in [6.07, 6.45) is 4.39. The summed E-state index contributed by atoms with van der Waals surface area (Å²) in [5, 5.41) is 15.0. The second-order valence-electron chi connectivity index (χ2n) is 5.83. The van der Waals surface area contributed by atoms with Crippen molar-refractivity contribution in [3.05, 3.63) is 45.9 Å². The fraction of sp³-hybridized carbons (Fsp3) is 0.412. The van der Waals surface area contributed by atoms with Crippen LogP contribution in [-0.4, -0.2) is 14.9 Å². The van der Waals surface area contributed by atoms with E-state index in [9.17, 15) is 9.90 Å². The molecule has 0 saturated heterocycles. The second kappa shape index (κ2) is 5.35. The van der Waals surface area contributed by atoms with Gasteiger partial charge in [-0.05, 0) is 30.9 Å². The summed E-state index contributed by atoms with van der Waals surface area (Å²) in [5.41, 5.74) is 2.58. The van der Waals surface area contributed by atoms with Crippen molar-refractivity contribution in [2.75, 3.05) is 0 Å². The molecule has 1 heterocycles. The van der Waals surface area contributed by atoms with Gasteiger partial charge in [0.2, 0.25) is 0 Å². The quantitative estimate of drug-likeness (QED) is 0.921. The Morgan fingerprint density at radius 3 is 2.57 bits per heavy atom. The van der Waals surface area contributed by atoms with E-state index in [2.05, 4.69) is 5.10 Å². The molecule has 21 heavy (non-hydrogen) atoms. The van der Waals surface area contributed by atoms with E-state index in [1.54, 1.807) is 7.05 Å². The standard InChI is InChI=1S/C17H20N2O2/c1-11-7-3-6-10-13(11)14-16(20)15(12-8-4-5-9-12)18-19(2)17(14)21/h3,6-7,10,12,20H,4-5,8-9H2,1-2H3. The van der Waals surface area contributed by atoms with Crippen LogP contribution in [-0.2, 0) is 7.05 Å². The fourth-order valence-electron chi connectivity index (χ4n) is 3.22. The monoisotopic (exact) mass is 284 g/mol. The Kier molecular flexibility index (Phi) is 3.53. The first-order valence-electron chi connectivity index (χ1n) is 7.45. The van der Waals surface area contributed by atoms with Crippen LogP contribution in [0.25, 0.3) is 11.1 Å². The summed E-state index contributed by atoms with van der Waals surface area (Å²) in [5.74, 6) is 0.332. The van der Waals surface area contributed by atoms with Crippen LogP contribution in [0.4, 0.5) is 0 Å². The van der Waals surface area contributed by atoms with Crippen molar-refractivity contribution >= 4 is 0 Å². The van der Waals surface area contributed by atoms with E-state index in [0.29, 0.717) is 11.3 Å². The fourth-order valence-corrected chi connectivity index (χ4v) is 3.22. The average molecular weight is 284 g/mol.